The van der Waals surface area contributed by atoms with Crippen LogP contribution in [0.25, 0.3) is 10.9 Å². The molecule has 28 heavy (non-hydrogen) atoms. The number of aromatic amines is 1. The average molecular weight is 392 g/mol. The smallest absolute Gasteiger partial charge is 0.416 e. The highest BCUT2D eigenvalue weighted by Crippen LogP contribution is 2.31. The number of ether oxygens (including phenoxy) is 2. The van der Waals surface area contributed by atoms with Gasteiger partial charge in [-0.25, -0.2) is 4.79 Å². The predicted molar refractivity (Wildman–Crippen MR) is 97.9 cm³/mol. The van der Waals surface area contributed by atoms with E-state index in [4.69, 9.17) is 9.47 Å². The number of carbonyl (C=O) groups is 1. The zero-order valence-corrected chi connectivity index (χ0v) is 15.3. The molecule has 2 aromatic carbocycles. The third kappa shape index (κ3) is 4.12. The Kier molecular flexibility index (Phi) is 5.60. The topological polar surface area (TPSA) is 63.3 Å². The van der Waals surface area contributed by atoms with Gasteiger partial charge in [-0.2, -0.15) is 13.2 Å². The van der Waals surface area contributed by atoms with Crippen LogP contribution in [0.5, 0.6) is 5.75 Å². The first-order valence-corrected chi connectivity index (χ1v) is 8.46. The lowest BCUT2D eigenvalue weighted by Gasteiger charge is -2.18. The zero-order chi connectivity index (χ0) is 20.3. The second-order valence-electron chi connectivity index (χ2n) is 6.19. The summed E-state index contributed by atoms with van der Waals surface area (Å²) >= 11 is 0. The number of carbonyl (C=O) groups excluding carboxylic acids is 1. The summed E-state index contributed by atoms with van der Waals surface area (Å²) in [5.74, 6) is 0.00694. The second kappa shape index (κ2) is 7.93. The van der Waals surface area contributed by atoms with Crippen LogP contribution in [-0.4, -0.2) is 25.2 Å². The third-order valence-corrected chi connectivity index (χ3v) is 4.46. The molecule has 3 rings (SSSR count). The van der Waals surface area contributed by atoms with Gasteiger partial charge >= 0.3 is 12.1 Å². The Morgan fingerprint density at radius 1 is 1.18 bits per heavy atom. The third-order valence-electron chi connectivity index (χ3n) is 4.46. The molecule has 3 aromatic rings. The number of H-pyrrole nitrogens is 1. The molecular formula is C20H19F3N2O3. The highest BCUT2D eigenvalue weighted by molar-refractivity contribution is 5.84. The van der Waals surface area contributed by atoms with Crippen molar-refractivity contribution >= 4 is 16.9 Å². The van der Waals surface area contributed by atoms with Crippen LogP contribution >= 0.6 is 0 Å². The molecule has 1 unspecified atom stereocenters. The van der Waals surface area contributed by atoms with Gasteiger partial charge in [0.25, 0.3) is 0 Å². The molecule has 0 saturated carbocycles. The lowest BCUT2D eigenvalue weighted by atomic mass is 10.0. The Morgan fingerprint density at radius 2 is 1.96 bits per heavy atom. The maximum atomic E-state index is 13.0. The summed E-state index contributed by atoms with van der Waals surface area (Å²) in [5, 5.41) is 3.88. The fraction of sp³-hybridized carbons (Fsp3) is 0.250. The summed E-state index contributed by atoms with van der Waals surface area (Å²) in [6.07, 6.45) is -2.72. The number of fused-ring (bicyclic) bond motifs is 1. The van der Waals surface area contributed by atoms with Crippen LogP contribution < -0.4 is 10.1 Å². The molecule has 1 aromatic heterocycles. The molecule has 0 spiro atoms. The van der Waals surface area contributed by atoms with E-state index in [1.165, 1.54) is 19.2 Å². The van der Waals surface area contributed by atoms with E-state index in [0.717, 1.165) is 28.6 Å². The van der Waals surface area contributed by atoms with Crippen molar-refractivity contribution < 1.29 is 27.4 Å². The number of hydrogen-bond donors (Lipinski definition) is 2. The van der Waals surface area contributed by atoms with E-state index in [1.807, 2.05) is 18.2 Å². The molecule has 0 radical (unpaired) electrons. The molecule has 0 aliphatic rings. The molecular weight excluding hydrogens is 373 g/mol. The Labute approximate surface area is 159 Å². The lowest BCUT2D eigenvalue weighted by molar-refractivity contribution is -0.144. The summed E-state index contributed by atoms with van der Waals surface area (Å²) in [4.78, 5) is 15.3. The van der Waals surface area contributed by atoms with Crippen molar-refractivity contribution in [3.63, 3.8) is 0 Å². The molecule has 5 nitrogen and oxygen atoms in total. The molecule has 0 bridgehead atoms. The van der Waals surface area contributed by atoms with Crippen molar-refractivity contribution in [1.82, 2.24) is 10.3 Å². The molecule has 0 saturated heterocycles. The van der Waals surface area contributed by atoms with E-state index in [0.29, 0.717) is 5.75 Å². The van der Waals surface area contributed by atoms with Gasteiger partial charge in [0.1, 0.15) is 11.8 Å². The molecule has 0 amide bonds. The maximum Gasteiger partial charge on any atom is 0.416 e. The van der Waals surface area contributed by atoms with Gasteiger partial charge in [0, 0.05) is 23.6 Å². The van der Waals surface area contributed by atoms with Gasteiger partial charge in [-0.05, 0) is 41.5 Å². The Bertz CT molecular complexity index is 982. The normalized spacial score (nSPS) is 12.8. The number of rotatable bonds is 6. The standard InChI is InChI=1S/C20H19F3N2O3/c1-27-15-6-7-17-16(9-15)13(10-24-17)11-25-18(19(26)28-2)12-4-3-5-14(8-12)20(21,22)23/h3-10,18,24-25H,11H2,1-2H3. The minimum atomic E-state index is -4.50. The first kappa shape index (κ1) is 19.8. The number of benzene rings is 2. The van der Waals surface area contributed by atoms with E-state index < -0.39 is 23.8 Å². The van der Waals surface area contributed by atoms with Crippen molar-refractivity contribution in [1.29, 1.82) is 0 Å². The molecule has 0 fully saturated rings. The molecule has 8 heteroatoms. The summed E-state index contributed by atoms with van der Waals surface area (Å²) in [5.41, 5.74) is 1.08. The largest absolute Gasteiger partial charge is 0.497 e. The summed E-state index contributed by atoms with van der Waals surface area (Å²) in [6, 6.07) is 9.13. The highest BCUT2D eigenvalue weighted by Gasteiger charge is 2.32. The van der Waals surface area contributed by atoms with E-state index in [1.54, 1.807) is 13.3 Å². The zero-order valence-electron chi connectivity index (χ0n) is 15.3. The number of esters is 1. The lowest BCUT2D eigenvalue weighted by Crippen LogP contribution is -2.29. The minimum absolute atomic E-state index is 0.180. The van der Waals surface area contributed by atoms with Crippen LogP contribution in [0.3, 0.4) is 0 Å². The summed E-state index contributed by atoms with van der Waals surface area (Å²) in [7, 11) is 2.76. The van der Waals surface area contributed by atoms with Crippen LogP contribution in [0.4, 0.5) is 13.2 Å². The van der Waals surface area contributed by atoms with Crippen LogP contribution in [0.15, 0.2) is 48.7 Å². The number of aromatic nitrogens is 1. The average Bonchev–Trinajstić information content (AvgIpc) is 3.09. The number of alkyl halides is 3. The number of methoxy groups -OCH3 is 2. The van der Waals surface area contributed by atoms with Crippen molar-refractivity contribution in [2.24, 2.45) is 0 Å². The van der Waals surface area contributed by atoms with Crippen molar-refractivity contribution in [3.05, 3.63) is 65.4 Å². The van der Waals surface area contributed by atoms with Crippen molar-refractivity contribution in [3.8, 4) is 5.75 Å². The SMILES string of the molecule is COC(=O)C(NCc1c[nH]c2ccc(OC)cc12)c1cccc(C(F)(F)F)c1. The van der Waals surface area contributed by atoms with Gasteiger partial charge in [0.15, 0.2) is 0 Å². The Morgan fingerprint density at radius 3 is 2.64 bits per heavy atom. The van der Waals surface area contributed by atoms with Crippen LogP contribution in [0, 0.1) is 0 Å². The fourth-order valence-corrected chi connectivity index (χ4v) is 2.99. The Balaban J connectivity index is 1.88. The Hall–Kier alpha value is -3.00. The predicted octanol–water partition coefficient (Wildman–Crippen LogP) is 4.20. The van der Waals surface area contributed by atoms with E-state index in [-0.39, 0.29) is 12.1 Å². The number of hydrogen-bond acceptors (Lipinski definition) is 4. The van der Waals surface area contributed by atoms with Gasteiger partial charge in [-0.15, -0.1) is 0 Å². The summed E-state index contributed by atoms with van der Waals surface area (Å²) < 4.78 is 49.1. The molecule has 0 aliphatic carbocycles. The quantitative estimate of drug-likeness (QED) is 0.618. The van der Waals surface area contributed by atoms with Crippen molar-refractivity contribution in [2.75, 3.05) is 14.2 Å². The van der Waals surface area contributed by atoms with Gasteiger partial charge in [0.05, 0.1) is 19.8 Å². The first-order valence-electron chi connectivity index (χ1n) is 8.46. The van der Waals surface area contributed by atoms with Crippen LogP contribution in [0.1, 0.15) is 22.7 Å². The molecule has 1 heterocycles. The monoisotopic (exact) mass is 392 g/mol. The van der Waals surface area contributed by atoms with Crippen LogP contribution in [0.2, 0.25) is 0 Å². The van der Waals surface area contributed by atoms with E-state index in [2.05, 4.69) is 10.3 Å². The minimum Gasteiger partial charge on any atom is -0.497 e. The molecule has 2 N–H and O–H groups in total. The molecule has 1 atom stereocenters. The highest BCUT2D eigenvalue weighted by atomic mass is 19.4. The van der Waals surface area contributed by atoms with Crippen molar-refractivity contribution in [2.45, 2.75) is 18.8 Å². The van der Waals surface area contributed by atoms with Gasteiger partial charge in [-0.1, -0.05) is 12.1 Å². The molecule has 148 valence electrons. The maximum absolute atomic E-state index is 13.0. The number of halogens is 3. The number of nitrogens with one attached hydrogen (secondary N) is 2. The van der Waals surface area contributed by atoms with Crippen LogP contribution in [-0.2, 0) is 22.3 Å². The second-order valence-corrected chi connectivity index (χ2v) is 6.19. The van der Waals surface area contributed by atoms with E-state index >= 15 is 0 Å². The van der Waals surface area contributed by atoms with Gasteiger partial charge in [-0.3, -0.25) is 5.32 Å². The van der Waals surface area contributed by atoms with E-state index in [9.17, 15) is 18.0 Å². The summed E-state index contributed by atoms with van der Waals surface area (Å²) in [6.45, 7) is 0.239. The van der Waals surface area contributed by atoms with Gasteiger partial charge < -0.3 is 14.5 Å². The molecule has 0 aliphatic heterocycles. The fourth-order valence-electron chi connectivity index (χ4n) is 2.99. The van der Waals surface area contributed by atoms with Gasteiger partial charge in [0.2, 0.25) is 0 Å². The first-order chi connectivity index (χ1) is 13.3.